The SMILES string of the molecule is CCO/N=C(\C(=O)N[C@@H]1C(=O)N2C(C(=O)O)=C(C[n+]3ccn4nc(SCCN)ccc43)CS[C@H]12)c1csc(N)n1. The number of hydrogen-bond donors (Lipinski definition) is 4. The number of nitrogens with two attached hydrogens (primary N) is 2. The van der Waals surface area contributed by atoms with Crippen LogP contribution < -0.4 is 21.4 Å². The van der Waals surface area contributed by atoms with E-state index in [4.69, 9.17) is 16.3 Å². The molecule has 3 aromatic heterocycles. The number of amides is 2. The first-order valence-electron chi connectivity index (χ1n) is 12.1. The van der Waals surface area contributed by atoms with Gasteiger partial charge < -0.3 is 26.7 Å². The number of carbonyl (C=O) groups is 3. The Labute approximate surface area is 240 Å². The summed E-state index contributed by atoms with van der Waals surface area (Å²) in [5, 5.41) is 23.2. The lowest BCUT2D eigenvalue weighted by atomic mass is 10.0. The molecule has 2 amide bonds. The van der Waals surface area contributed by atoms with Gasteiger partial charge in [-0.05, 0) is 13.0 Å². The van der Waals surface area contributed by atoms with Gasteiger partial charge in [-0.3, -0.25) is 14.5 Å². The number of rotatable bonds is 11. The van der Waals surface area contributed by atoms with Gasteiger partial charge in [-0.1, -0.05) is 10.3 Å². The van der Waals surface area contributed by atoms with Crippen molar-refractivity contribution in [1.29, 1.82) is 0 Å². The van der Waals surface area contributed by atoms with E-state index in [2.05, 4.69) is 20.6 Å². The second-order valence-electron chi connectivity index (χ2n) is 8.58. The summed E-state index contributed by atoms with van der Waals surface area (Å²) in [4.78, 5) is 48.9. The lowest BCUT2D eigenvalue weighted by Crippen LogP contribution is -2.71. The van der Waals surface area contributed by atoms with Gasteiger partial charge >= 0.3 is 11.6 Å². The molecule has 210 valence electrons. The first kappa shape index (κ1) is 27.9. The average Bonchev–Trinajstić information content (AvgIpc) is 3.55. The Balaban J connectivity index is 1.34. The average molecular weight is 605 g/mol. The maximum atomic E-state index is 13.2. The first-order chi connectivity index (χ1) is 19.3. The molecule has 5 heterocycles. The van der Waals surface area contributed by atoms with E-state index in [1.807, 2.05) is 22.9 Å². The monoisotopic (exact) mass is 604 g/mol. The molecule has 0 bridgehead atoms. The molecule has 40 heavy (non-hydrogen) atoms. The fourth-order valence-corrected chi connectivity index (χ4v) is 6.81. The van der Waals surface area contributed by atoms with Crippen LogP contribution in [0.1, 0.15) is 12.6 Å². The molecule has 2 aliphatic rings. The van der Waals surface area contributed by atoms with Gasteiger partial charge in [0.1, 0.15) is 47.2 Å². The molecular weight excluding hydrogens is 579 g/mol. The number of fused-ring (bicyclic) bond motifs is 2. The number of carboxylic acid groups (broad SMARTS) is 1. The van der Waals surface area contributed by atoms with Crippen LogP contribution >= 0.6 is 34.9 Å². The second-order valence-corrected chi connectivity index (χ2v) is 11.7. The Morgan fingerprint density at radius 3 is 2.92 bits per heavy atom. The fraction of sp³-hybridized carbons (Fsp3) is 0.348. The van der Waals surface area contributed by atoms with Crippen LogP contribution in [-0.4, -0.2) is 84.2 Å². The fourth-order valence-electron chi connectivity index (χ4n) is 4.29. The minimum atomic E-state index is -1.21. The van der Waals surface area contributed by atoms with E-state index >= 15 is 0 Å². The molecule has 6 N–H and O–H groups in total. The van der Waals surface area contributed by atoms with Crippen LogP contribution in [0.15, 0.2) is 51.4 Å². The van der Waals surface area contributed by atoms with Crippen LogP contribution in [-0.2, 0) is 25.8 Å². The molecule has 0 aromatic carbocycles. The summed E-state index contributed by atoms with van der Waals surface area (Å²) < 4.78 is 3.60. The summed E-state index contributed by atoms with van der Waals surface area (Å²) in [6.45, 7) is 2.74. The normalized spacial score (nSPS) is 19.0. The number of carbonyl (C=O) groups excluding carboxylic acids is 2. The number of carboxylic acids is 1. The third-order valence-electron chi connectivity index (χ3n) is 6.03. The molecule has 2 aliphatic heterocycles. The topological polar surface area (TPSA) is 194 Å². The Morgan fingerprint density at radius 1 is 1.40 bits per heavy atom. The van der Waals surface area contributed by atoms with Crippen molar-refractivity contribution >= 4 is 69.1 Å². The molecule has 0 saturated carbocycles. The van der Waals surface area contributed by atoms with Crippen molar-refractivity contribution in [2.75, 3.05) is 30.4 Å². The van der Waals surface area contributed by atoms with E-state index in [1.165, 1.54) is 16.7 Å². The summed E-state index contributed by atoms with van der Waals surface area (Å²) in [6.07, 6.45) is 3.60. The zero-order chi connectivity index (χ0) is 28.4. The number of thiazole rings is 1. The lowest BCUT2D eigenvalue weighted by Gasteiger charge is -2.49. The number of nitrogens with one attached hydrogen (secondary N) is 1. The number of β-lactam (4-membered cyclic amide) rings is 1. The number of oxime groups is 1. The maximum Gasteiger partial charge on any atom is 0.352 e. The molecule has 1 saturated heterocycles. The predicted molar refractivity (Wildman–Crippen MR) is 150 cm³/mol. The van der Waals surface area contributed by atoms with Gasteiger partial charge in [-0.15, -0.1) is 39.4 Å². The van der Waals surface area contributed by atoms with Crippen molar-refractivity contribution in [1.82, 2.24) is 24.8 Å². The van der Waals surface area contributed by atoms with Crippen molar-refractivity contribution in [2.24, 2.45) is 10.9 Å². The Kier molecular flexibility index (Phi) is 8.24. The number of nitrogens with zero attached hydrogens (tertiary/aromatic N) is 6. The minimum absolute atomic E-state index is 0.0790. The van der Waals surface area contributed by atoms with E-state index in [0.29, 0.717) is 17.9 Å². The number of nitrogen functional groups attached to an aromatic ring is 1. The Bertz CT molecular complexity index is 1530. The number of imidazole rings is 1. The zero-order valence-electron chi connectivity index (χ0n) is 21.2. The summed E-state index contributed by atoms with van der Waals surface area (Å²) >= 11 is 4.06. The van der Waals surface area contributed by atoms with Gasteiger partial charge in [-0.25, -0.2) is 14.3 Å². The van der Waals surface area contributed by atoms with Gasteiger partial charge in [0.05, 0.1) is 0 Å². The van der Waals surface area contributed by atoms with Crippen LogP contribution in [0.5, 0.6) is 0 Å². The number of aliphatic carboxylic acids is 1. The zero-order valence-corrected chi connectivity index (χ0v) is 23.7. The standard InChI is InChI=1S/C23H25N9O5S3/c1-2-37-29-16(13-11-40-23(25)26-13)19(33)27-17-20(34)32-18(22(35)36)12(10-39-21(17)32)9-30-6-7-31-15(30)4-3-14(28-31)38-8-5-24/h3-4,6-7,11,17,21H,2,5,8-10,24H2,1H3,(H3-,25,26,27,33,35,36)/p+1/b29-16-/t17-,21-/m1/s1. The summed E-state index contributed by atoms with van der Waals surface area (Å²) in [7, 11) is 0. The number of hydrogen-bond acceptors (Lipinski definition) is 12. The van der Waals surface area contributed by atoms with Gasteiger partial charge in [0.15, 0.2) is 17.0 Å². The molecule has 1 fully saturated rings. The quantitative estimate of drug-likeness (QED) is 0.0750. The van der Waals surface area contributed by atoms with Crippen LogP contribution in [0.3, 0.4) is 0 Å². The van der Waals surface area contributed by atoms with Crippen LogP contribution in [0, 0.1) is 0 Å². The van der Waals surface area contributed by atoms with Gasteiger partial charge in [0, 0.05) is 35.1 Å². The third-order valence-corrected chi connectivity index (χ3v) is 8.99. The highest BCUT2D eigenvalue weighted by molar-refractivity contribution is 8.00. The maximum absolute atomic E-state index is 13.2. The van der Waals surface area contributed by atoms with E-state index in [1.54, 1.807) is 34.8 Å². The highest BCUT2D eigenvalue weighted by atomic mass is 32.2. The van der Waals surface area contributed by atoms with Gasteiger partial charge in [-0.2, -0.15) is 0 Å². The highest BCUT2D eigenvalue weighted by Gasteiger charge is 2.54. The van der Waals surface area contributed by atoms with Crippen molar-refractivity contribution in [2.45, 2.75) is 29.9 Å². The molecule has 2 atom stereocenters. The molecule has 14 nitrogen and oxygen atoms in total. The van der Waals surface area contributed by atoms with E-state index < -0.39 is 29.2 Å². The smallest absolute Gasteiger partial charge is 0.352 e. The Morgan fingerprint density at radius 2 is 2.23 bits per heavy atom. The van der Waals surface area contributed by atoms with Crippen LogP contribution in [0.25, 0.3) is 5.65 Å². The largest absolute Gasteiger partial charge is 0.477 e. The molecule has 17 heteroatoms. The number of anilines is 1. The van der Waals surface area contributed by atoms with E-state index in [-0.39, 0.29) is 35.4 Å². The molecule has 3 aromatic rings. The van der Waals surface area contributed by atoms with Crippen molar-refractivity contribution in [3.05, 3.63) is 46.9 Å². The van der Waals surface area contributed by atoms with E-state index in [9.17, 15) is 19.5 Å². The number of thioether (sulfide) groups is 2. The minimum Gasteiger partial charge on any atom is -0.477 e. The van der Waals surface area contributed by atoms with Crippen LogP contribution in [0.4, 0.5) is 5.13 Å². The molecule has 5 rings (SSSR count). The molecule has 0 radical (unpaired) electrons. The molecular formula is C23H26N9O5S3+. The van der Waals surface area contributed by atoms with Crippen molar-refractivity contribution in [3.63, 3.8) is 0 Å². The summed E-state index contributed by atoms with van der Waals surface area (Å²) in [5.41, 5.74) is 12.6. The predicted octanol–water partition coefficient (Wildman–Crippen LogP) is -0.109. The van der Waals surface area contributed by atoms with Crippen molar-refractivity contribution in [3.8, 4) is 0 Å². The Hall–Kier alpha value is -3.67. The summed E-state index contributed by atoms with van der Waals surface area (Å²) in [6, 6.07) is 2.86. The van der Waals surface area contributed by atoms with Gasteiger partial charge in [0.25, 0.3) is 11.8 Å². The molecule has 0 aliphatic carbocycles. The van der Waals surface area contributed by atoms with Crippen molar-refractivity contribution < 1.29 is 28.9 Å². The molecule has 0 spiro atoms. The third kappa shape index (κ3) is 5.36. The number of aromatic nitrogens is 4. The highest BCUT2D eigenvalue weighted by Crippen LogP contribution is 2.40. The second kappa shape index (κ2) is 11.8. The van der Waals surface area contributed by atoms with Gasteiger partial charge in [0.2, 0.25) is 0 Å². The first-order valence-corrected chi connectivity index (χ1v) is 15.1. The lowest BCUT2D eigenvalue weighted by molar-refractivity contribution is -0.662. The van der Waals surface area contributed by atoms with Crippen LogP contribution in [0.2, 0.25) is 0 Å². The van der Waals surface area contributed by atoms with E-state index in [0.717, 1.165) is 27.8 Å². The molecule has 0 unspecified atom stereocenters. The summed E-state index contributed by atoms with van der Waals surface area (Å²) in [5.74, 6) is -1.30.